The smallest absolute Gasteiger partial charge is 0.233 e. The Hall–Kier alpha value is -2.93. The van der Waals surface area contributed by atoms with Gasteiger partial charge in [0.25, 0.3) is 0 Å². The molecule has 0 aliphatic heterocycles. The van der Waals surface area contributed by atoms with E-state index in [4.69, 9.17) is 4.42 Å². The summed E-state index contributed by atoms with van der Waals surface area (Å²) in [5.41, 5.74) is 2.63. The van der Waals surface area contributed by atoms with Gasteiger partial charge in [0.05, 0.1) is 5.75 Å². The Kier molecular flexibility index (Phi) is 4.67. The van der Waals surface area contributed by atoms with Crippen molar-refractivity contribution in [3.63, 3.8) is 0 Å². The van der Waals surface area contributed by atoms with Crippen molar-refractivity contribution in [2.75, 3.05) is 5.75 Å². The van der Waals surface area contributed by atoms with Crippen molar-refractivity contribution >= 4 is 39.7 Å². The van der Waals surface area contributed by atoms with E-state index in [-0.39, 0.29) is 23.5 Å². The van der Waals surface area contributed by atoms with E-state index in [1.165, 1.54) is 24.2 Å². The zero-order valence-corrected chi connectivity index (χ0v) is 16.4. The van der Waals surface area contributed by atoms with Crippen LogP contribution in [0.15, 0.2) is 64.3 Å². The first kappa shape index (κ1) is 18.1. The molecule has 0 bridgehead atoms. The molecule has 0 saturated heterocycles. The van der Waals surface area contributed by atoms with Gasteiger partial charge in [0.15, 0.2) is 5.58 Å². The van der Waals surface area contributed by atoms with Gasteiger partial charge in [0.2, 0.25) is 5.91 Å². The van der Waals surface area contributed by atoms with Gasteiger partial charge in [0.1, 0.15) is 28.3 Å². The van der Waals surface area contributed by atoms with E-state index in [1.54, 1.807) is 23.1 Å². The number of carbonyl (C=O) groups excluding carboxylic acids is 1. The summed E-state index contributed by atoms with van der Waals surface area (Å²) in [7, 11) is 0. The van der Waals surface area contributed by atoms with Gasteiger partial charge in [-0.2, -0.15) is 0 Å². The van der Waals surface area contributed by atoms with Crippen LogP contribution < -0.4 is 0 Å². The molecule has 4 aromatic rings. The third kappa shape index (κ3) is 3.58. The predicted molar refractivity (Wildman–Crippen MR) is 110 cm³/mol. The Morgan fingerprint density at radius 2 is 1.93 bits per heavy atom. The molecule has 1 aliphatic carbocycles. The fraction of sp³-hybridized carbons (Fsp3) is 0.227. The van der Waals surface area contributed by atoms with E-state index in [0.29, 0.717) is 22.7 Å². The van der Waals surface area contributed by atoms with Gasteiger partial charge in [-0.25, -0.2) is 14.4 Å². The Bertz CT molecular complexity index is 1210. The molecule has 2 aromatic heterocycles. The maximum absolute atomic E-state index is 14.1. The molecular formula is C22H18FN3O2S. The molecule has 0 N–H and O–H groups in total. The maximum Gasteiger partial charge on any atom is 0.233 e. The summed E-state index contributed by atoms with van der Waals surface area (Å²) in [5, 5.41) is 1.57. The van der Waals surface area contributed by atoms with Gasteiger partial charge in [-0.05, 0) is 31.0 Å². The number of furan rings is 1. The first-order valence-corrected chi connectivity index (χ1v) is 10.5. The van der Waals surface area contributed by atoms with Crippen molar-refractivity contribution < 1.29 is 13.6 Å². The van der Waals surface area contributed by atoms with Crippen LogP contribution in [0.2, 0.25) is 0 Å². The van der Waals surface area contributed by atoms with Crippen LogP contribution in [-0.4, -0.2) is 32.6 Å². The van der Waals surface area contributed by atoms with Crippen molar-refractivity contribution in [1.29, 1.82) is 0 Å². The lowest BCUT2D eigenvalue weighted by Crippen LogP contribution is -2.34. The maximum atomic E-state index is 14.1. The summed E-state index contributed by atoms with van der Waals surface area (Å²) < 4.78 is 20.0. The van der Waals surface area contributed by atoms with Crippen LogP contribution in [0.5, 0.6) is 0 Å². The third-order valence-electron chi connectivity index (χ3n) is 5.06. The van der Waals surface area contributed by atoms with E-state index in [0.717, 1.165) is 29.3 Å². The van der Waals surface area contributed by atoms with Gasteiger partial charge in [-0.1, -0.05) is 42.1 Å². The van der Waals surface area contributed by atoms with Gasteiger partial charge >= 0.3 is 0 Å². The molecule has 146 valence electrons. The van der Waals surface area contributed by atoms with Crippen molar-refractivity contribution in [2.45, 2.75) is 30.5 Å². The predicted octanol–water partition coefficient (Wildman–Crippen LogP) is 4.80. The summed E-state index contributed by atoms with van der Waals surface area (Å²) in [5.74, 6) is -0.0873. The fourth-order valence-corrected chi connectivity index (χ4v) is 4.25. The Labute approximate surface area is 170 Å². The molecular weight excluding hydrogens is 389 g/mol. The van der Waals surface area contributed by atoms with Crippen LogP contribution in [0.3, 0.4) is 0 Å². The number of rotatable bonds is 6. The second-order valence-corrected chi connectivity index (χ2v) is 8.05. The SMILES string of the molecule is O=C(CSc1ncnc2c1oc1ccccc12)N(Cc1ccccc1F)C1CC1. The van der Waals surface area contributed by atoms with Crippen molar-refractivity contribution in [2.24, 2.45) is 0 Å². The Morgan fingerprint density at radius 3 is 2.76 bits per heavy atom. The molecule has 2 aromatic carbocycles. The molecule has 5 nitrogen and oxygen atoms in total. The molecule has 1 saturated carbocycles. The van der Waals surface area contributed by atoms with Crippen LogP contribution in [0.1, 0.15) is 18.4 Å². The summed E-state index contributed by atoms with van der Waals surface area (Å²) in [6, 6.07) is 14.5. The van der Waals surface area contributed by atoms with Gasteiger partial charge in [-0.3, -0.25) is 4.79 Å². The van der Waals surface area contributed by atoms with Crippen molar-refractivity contribution in [3.8, 4) is 0 Å². The number of fused-ring (bicyclic) bond motifs is 3. The topological polar surface area (TPSA) is 59.2 Å². The average Bonchev–Trinajstić information content (AvgIpc) is 3.51. The lowest BCUT2D eigenvalue weighted by molar-refractivity contribution is -0.129. The fourth-order valence-electron chi connectivity index (χ4n) is 3.44. The highest BCUT2D eigenvalue weighted by atomic mass is 32.2. The second kappa shape index (κ2) is 7.48. The highest BCUT2D eigenvalue weighted by Crippen LogP contribution is 2.34. The molecule has 0 radical (unpaired) electrons. The number of aromatic nitrogens is 2. The number of hydrogen-bond donors (Lipinski definition) is 0. The number of nitrogens with zero attached hydrogens (tertiary/aromatic N) is 3. The minimum Gasteiger partial charge on any atom is -0.451 e. The Morgan fingerprint density at radius 1 is 1.14 bits per heavy atom. The lowest BCUT2D eigenvalue weighted by atomic mass is 10.2. The number of para-hydroxylation sites is 1. The lowest BCUT2D eigenvalue weighted by Gasteiger charge is -2.22. The van der Waals surface area contributed by atoms with E-state index >= 15 is 0 Å². The van der Waals surface area contributed by atoms with Crippen molar-refractivity contribution in [1.82, 2.24) is 14.9 Å². The van der Waals surface area contributed by atoms with E-state index in [1.807, 2.05) is 24.3 Å². The molecule has 1 amide bonds. The Balaban J connectivity index is 1.36. The molecule has 29 heavy (non-hydrogen) atoms. The van der Waals surface area contributed by atoms with Crippen LogP contribution in [0, 0.1) is 5.82 Å². The van der Waals surface area contributed by atoms with E-state index in [2.05, 4.69) is 9.97 Å². The van der Waals surface area contributed by atoms with Crippen LogP contribution in [0.4, 0.5) is 4.39 Å². The molecule has 5 rings (SSSR count). The quantitative estimate of drug-likeness (QED) is 0.339. The summed E-state index contributed by atoms with van der Waals surface area (Å²) in [6.07, 6.45) is 3.42. The van der Waals surface area contributed by atoms with Gasteiger partial charge < -0.3 is 9.32 Å². The number of thioether (sulfide) groups is 1. The second-order valence-electron chi connectivity index (χ2n) is 7.09. The molecule has 2 heterocycles. The first-order valence-electron chi connectivity index (χ1n) is 9.48. The highest BCUT2D eigenvalue weighted by molar-refractivity contribution is 8.00. The molecule has 1 fully saturated rings. The summed E-state index contributed by atoms with van der Waals surface area (Å²) >= 11 is 1.33. The van der Waals surface area contributed by atoms with E-state index < -0.39 is 0 Å². The first-order chi connectivity index (χ1) is 14.2. The standard InChI is InChI=1S/C22H18FN3O2S/c23-17-7-3-1-5-14(17)11-26(15-9-10-15)19(27)12-29-22-21-20(24-13-25-22)16-6-2-4-8-18(16)28-21/h1-8,13,15H,9-12H2. The highest BCUT2D eigenvalue weighted by Gasteiger charge is 2.33. The molecule has 1 aliphatic rings. The molecule has 0 atom stereocenters. The average molecular weight is 407 g/mol. The number of benzene rings is 2. The molecule has 0 spiro atoms. The minimum absolute atomic E-state index is 0.0244. The number of hydrogen-bond acceptors (Lipinski definition) is 5. The molecule has 0 unspecified atom stereocenters. The van der Waals surface area contributed by atoms with Gasteiger partial charge in [-0.15, -0.1) is 0 Å². The summed E-state index contributed by atoms with van der Waals surface area (Å²) in [6.45, 7) is 0.292. The summed E-state index contributed by atoms with van der Waals surface area (Å²) in [4.78, 5) is 23.4. The molecule has 7 heteroatoms. The number of halogens is 1. The minimum atomic E-state index is -0.279. The number of carbonyl (C=O) groups is 1. The number of amides is 1. The monoisotopic (exact) mass is 407 g/mol. The van der Waals surface area contributed by atoms with Crippen LogP contribution in [0.25, 0.3) is 22.1 Å². The largest absolute Gasteiger partial charge is 0.451 e. The zero-order valence-electron chi connectivity index (χ0n) is 15.5. The van der Waals surface area contributed by atoms with Crippen molar-refractivity contribution in [3.05, 3.63) is 66.2 Å². The normalized spacial score (nSPS) is 13.8. The van der Waals surface area contributed by atoms with Crippen LogP contribution >= 0.6 is 11.8 Å². The third-order valence-corrected chi connectivity index (χ3v) is 6.02. The zero-order chi connectivity index (χ0) is 19.8. The van der Waals surface area contributed by atoms with Crippen LogP contribution in [-0.2, 0) is 11.3 Å². The van der Waals surface area contributed by atoms with Gasteiger partial charge in [0, 0.05) is 23.5 Å². The van der Waals surface area contributed by atoms with E-state index in [9.17, 15) is 9.18 Å².